The minimum absolute atomic E-state index is 0.216. The van der Waals surface area contributed by atoms with E-state index in [1.54, 1.807) is 12.1 Å². The van der Waals surface area contributed by atoms with Gasteiger partial charge in [0.1, 0.15) is 5.69 Å². The molecule has 0 bridgehead atoms. The van der Waals surface area contributed by atoms with E-state index in [1.807, 2.05) is 0 Å². The Hall–Kier alpha value is -1.43. The highest BCUT2D eigenvalue weighted by Crippen LogP contribution is 2.41. The molecule has 2 unspecified atom stereocenters. The highest BCUT2D eigenvalue weighted by Gasteiger charge is 2.53. The molecule has 2 heterocycles. The van der Waals surface area contributed by atoms with Gasteiger partial charge in [-0.15, -0.1) is 0 Å². The summed E-state index contributed by atoms with van der Waals surface area (Å²) in [6.07, 6.45) is -0.940. The van der Waals surface area contributed by atoms with Gasteiger partial charge >= 0.3 is 0 Å². The number of hydrogen-bond donors (Lipinski definition) is 2. The summed E-state index contributed by atoms with van der Waals surface area (Å²) in [6.45, 7) is 1.44. The molecule has 3 rings (SSSR count). The first-order valence-electron chi connectivity index (χ1n) is 6.11. The van der Waals surface area contributed by atoms with Gasteiger partial charge in [0.05, 0.1) is 6.54 Å². The summed E-state index contributed by atoms with van der Waals surface area (Å²) >= 11 is 0. The second-order valence-electron chi connectivity index (χ2n) is 4.92. The van der Waals surface area contributed by atoms with E-state index >= 15 is 0 Å². The molecule has 1 saturated carbocycles. The van der Waals surface area contributed by atoms with Gasteiger partial charge in [-0.1, -0.05) is 0 Å². The van der Waals surface area contributed by atoms with Crippen LogP contribution in [0.2, 0.25) is 0 Å². The van der Waals surface area contributed by atoms with Crippen LogP contribution >= 0.6 is 0 Å². The molecular formula is C12H15F2N3O. The Labute approximate surface area is 103 Å². The van der Waals surface area contributed by atoms with E-state index in [0.29, 0.717) is 17.5 Å². The minimum Gasteiger partial charge on any atom is -0.347 e. The van der Waals surface area contributed by atoms with E-state index in [2.05, 4.69) is 10.6 Å². The molecule has 0 radical (unpaired) electrons. The van der Waals surface area contributed by atoms with Crippen LogP contribution < -0.4 is 10.6 Å². The zero-order chi connectivity index (χ0) is 12.7. The number of carbonyl (C=O) groups is 1. The highest BCUT2D eigenvalue weighted by atomic mass is 19.3. The summed E-state index contributed by atoms with van der Waals surface area (Å²) in [5.41, 5.74) is 0.313. The van der Waals surface area contributed by atoms with Crippen molar-refractivity contribution in [1.29, 1.82) is 0 Å². The Kier molecular flexibility index (Phi) is 2.81. The summed E-state index contributed by atoms with van der Waals surface area (Å²) in [6, 6.07) is 3.41. The molecule has 1 aliphatic carbocycles. The average molecular weight is 255 g/mol. The van der Waals surface area contributed by atoms with E-state index < -0.39 is 13.0 Å². The molecule has 2 aliphatic rings. The number of fused-ring (bicyclic) bond motifs is 1. The third-order valence-electron chi connectivity index (χ3n) is 3.79. The lowest BCUT2D eigenvalue weighted by molar-refractivity contribution is 0.0924. The quantitative estimate of drug-likeness (QED) is 0.832. The lowest BCUT2D eigenvalue weighted by atomic mass is 10.3. The third kappa shape index (κ3) is 2.01. The lowest BCUT2D eigenvalue weighted by Gasteiger charge is -2.10. The molecule has 6 heteroatoms. The molecule has 1 aliphatic heterocycles. The SMILES string of the molecule is O=C(NC1C2CNCC21)c1cccn1CC(F)F. The first kappa shape index (κ1) is 11.6. The second-order valence-corrected chi connectivity index (χ2v) is 4.92. The molecule has 0 aromatic carbocycles. The smallest absolute Gasteiger partial charge is 0.268 e. The molecular weight excluding hydrogens is 240 g/mol. The van der Waals surface area contributed by atoms with Crippen LogP contribution in [-0.4, -0.2) is 36.0 Å². The van der Waals surface area contributed by atoms with Crippen LogP contribution in [-0.2, 0) is 6.54 Å². The highest BCUT2D eigenvalue weighted by molar-refractivity contribution is 5.93. The van der Waals surface area contributed by atoms with Crippen LogP contribution in [0.5, 0.6) is 0 Å². The van der Waals surface area contributed by atoms with Crippen molar-refractivity contribution in [2.75, 3.05) is 13.1 Å². The van der Waals surface area contributed by atoms with Gasteiger partial charge < -0.3 is 15.2 Å². The van der Waals surface area contributed by atoms with Crippen LogP contribution in [0, 0.1) is 11.8 Å². The molecule has 98 valence electrons. The van der Waals surface area contributed by atoms with Crippen LogP contribution in [0.4, 0.5) is 8.78 Å². The Morgan fingerprint density at radius 1 is 1.50 bits per heavy atom. The van der Waals surface area contributed by atoms with E-state index in [4.69, 9.17) is 0 Å². The van der Waals surface area contributed by atoms with Crippen molar-refractivity contribution in [2.45, 2.75) is 19.0 Å². The zero-order valence-corrected chi connectivity index (χ0v) is 9.77. The fourth-order valence-corrected chi connectivity index (χ4v) is 2.79. The largest absolute Gasteiger partial charge is 0.347 e. The first-order chi connectivity index (χ1) is 8.66. The van der Waals surface area contributed by atoms with Crippen molar-refractivity contribution in [3.05, 3.63) is 24.0 Å². The summed E-state index contributed by atoms with van der Waals surface area (Å²) < 4.78 is 26.0. The van der Waals surface area contributed by atoms with Crippen LogP contribution in [0.15, 0.2) is 18.3 Å². The maximum atomic E-state index is 12.3. The summed E-state index contributed by atoms with van der Waals surface area (Å²) in [5.74, 6) is 0.792. The average Bonchev–Trinajstić information content (AvgIpc) is 2.76. The van der Waals surface area contributed by atoms with Gasteiger partial charge in [-0.25, -0.2) is 8.78 Å². The van der Waals surface area contributed by atoms with E-state index in [-0.39, 0.29) is 11.9 Å². The van der Waals surface area contributed by atoms with Crippen molar-refractivity contribution in [1.82, 2.24) is 15.2 Å². The Bertz CT molecular complexity index is 450. The van der Waals surface area contributed by atoms with Gasteiger partial charge in [0.25, 0.3) is 12.3 Å². The summed E-state index contributed by atoms with van der Waals surface area (Å²) in [5, 5.41) is 6.17. The third-order valence-corrected chi connectivity index (χ3v) is 3.79. The first-order valence-corrected chi connectivity index (χ1v) is 6.11. The Balaban J connectivity index is 1.64. The normalized spacial score (nSPS) is 29.4. The summed E-state index contributed by atoms with van der Waals surface area (Å²) in [7, 11) is 0. The second kappa shape index (κ2) is 4.35. The maximum absolute atomic E-state index is 12.3. The molecule has 1 amide bonds. The number of aromatic nitrogens is 1. The minimum atomic E-state index is -2.45. The molecule has 1 aromatic rings. The van der Waals surface area contributed by atoms with Gasteiger partial charge in [0.15, 0.2) is 0 Å². The molecule has 1 saturated heterocycles. The molecule has 0 spiro atoms. The van der Waals surface area contributed by atoms with E-state index in [0.717, 1.165) is 13.1 Å². The predicted octanol–water partition coefficient (Wildman–Crippen LogP) is 0.701. The van der Waals surface area contributed by atoms with Crippen molar-refractivity contribution in [2.24, 2.45) is 11.8 Å². The fraction of sp³-hybridized carbons (Fsp3) is 0.583. The van der Waals surface area contributed by atoms with Gasteiger partial charge in [-0.05, 0) is 24.0 Å². The van der Waals surface area contributed by atoms with Crippen LogP contribution in [0.3, 0.4) is 0 Å². The van der Waals surface area contributed by atoms with Gasteiger partial charge in [-0.2, -0.15) is 0 Å². The number of halogens is 2. The van der Waals surface area contributed by atoms with Gasteiger partial charge in [0.2, 0.25) is 0 Å². The van der Waals surface area contributed by atoms with Crippen LogP contribution in [0.25, 0.3) is 0 Å². The topological polar surface area (TPSA) is 46.1 Å². The number of nitrogens with one attached hydrogen (secondary N) is 2. The number of hydrogen-bond acceptors (Lipinski definition) is 2. The molecule has 2 fully saturated rings. The summed E-state index contributed by atoms with van der Waals surface area (Å²) in [4.78, 5) is 12.0. The molecule has 18 heavy (non-hydrogen) atoms. The Morgan fingerprint density at radius 2 is 2.22 bits per heavy atom. The van der Waals surface area contributed by atoms with Crippen molar-refractivity contribution in [3.63, 3.8) is 0 Å². The van der Waals surface area contributed by atoms with Crippen molar-refractivity contribution >= 4 is 5.91 Å². The maximum Gasteiger partial charge on any atom is 0.268 e. The van der Waals surface area contributed by atoms with E-state index in [1.165, 1.54) is 10.8 Å². The van der Waals surface area contributed by atoms with Crippen LogP contribution in [0.1, 0.15) is 10.5 Å². The number of carbonyl (C=O) groups excluding carboxylic acids is 1. The molecule has 1 aromatic heterocycles. The van der Waals surface area contributed by atoms with E-state index in [9.17, 15) is 13.6 Å². The van der Waals surface area contributed by atoms with Crippen molar-refractivity contribution in [3.8, 4) is 0 Å². The van der Waals surface area contributed by atoms with Gasteiger partial charge in [-0.3, -0.25) is 4.79 Å². The fourth-order valence-electron chi connectivity index (χ4n) is 2.79. The molecule has 2 N–H and O–H groups in total. The lowest BCUT2D eigenvalue weighted by Crippen LogP contribution is -2.33. The standard InChI is InChI=1S/C12H15F2N3O/c13-10(14)6-17-3-1-2-9(17)12(18)16-11-7-4-15-5-8(7)11/h1-3,7-8,10-11,15H,4-6H2,(H,16,18). The molecule has 4 nitrogen and oxygen atoms in total. The number of rotatable bonds is 4. The number of alkyl halides is 2. The zero-order valence-electron chi connectivity index (χ0n) is 9.77. The Morgan fingerprint density at radius 3 is 2.89 bits per heavy atom. The number of amides is 1. The predicted molar refractivity (Wildman–Crippen MR) is 61.5 cm³/mol. The molecule has 2 atom stereocenters. The van der Waals surface area contributed by atoms with Gasteiger partial charge in [0, 0.05) is 25.3 Å². The number of nitrogens with zero attached hydrogens (tertiary/aromatic N) is 1. The monoisotopic (exact) mass is 255 g/mol. The number of piperidine rings is 1. The van der Waals surface area contributed by atoms with Crippen molar-refractivity contribution < 1.29 is 13.6 Å².